The Kier molecular flexibility index (Phi) is 6.87. The van der Waals surface area contributed by atoms with E-state index >= 15 is 0 Å². The standard InChI is InChI=1S/C28H30N2O5/c1-28(2,16-22-15-19-6-3-4-9-23(19)26(33)29-22)17-24(31)30-12-10-18(11-13-30)25(32)20-7-5-8-21(14-20)27(34)35/h3-9,14-15,18H,10-13,16-17H2,1-2H3,(H,29,33)(H,34,35). The number of H-pyrrole nitrogens is 1. The Morgan fingerprint density at radius 3 is 2.40 bits per heavy atom. The summed E-state index contributed by atoms with van der Waals surface area (Å²) in [5.41, 5.74) is 0.825. The number of nitrogens with zero attached hydrogens (tertiary/aromatic N) is 1. The number of aromatic carboxylic acids is 1. The molecule has 3 aromatic rings. The summed E-state index contributed by atoms with van der Waals surface area (Å²) in [6, 6.07) is 15.5. The second-order valence-corrected chi connectivity index (χ2v) is 10.1. The highest BCUT2D eigenvalue weighted by Crippen LogP contribution is 2.29. The first-order valence-corrected chi connectivity index (χ1v) is 11.9. The van der Waals surface area contributed by atoms with Crippen molar-refractivity contribution in [3.8, 4) is 0 Å². The van der Waals surface area contributed by atoms with E-state index in [0.29, 0.717) is 49.7 Å². The third kappa shape index (κ3) is 5.67. The molecule has 0 aliphatic carbocycles. The van der Waals surface area contributed by atoms with E-state index in [4.69, 9.17) is 0 Å². The Hall–Kier alpha value is -3.74. The Morgan fingerprint density at radius 2 is 1.69 bits per heavy atom. The molecule has 1 aliphatic heterocycles. The van der Waals surface area contributed by atoms with Gasteiger partial charge < -0.3 is 15.0 Å². The van der Waals surface area contributed by atoms with E-state index in [2.05, 4.69) is 4.98 Å². The molecule has 1 aliphatic rings. The van der Waals surface area contributed by atoms with Crippen LogP contribution in [-0.4, -0.2) is 45.7 Å². The van der Waals surface area contributed by atoms with Crippen LogP contribution >= 0.6 is 0 Å². The van der Waals surface area contributed by atoms with Crippen LogP contribution in [0.1, 0.15) is 59.5 Å². The summed E-state index contributed by atoms with van der Waals surface area (Å²) in [4.78, 5) is 54.3. The fourth-order valence-corrected chi connectivity index (χ4v) is 4.89. The van der Waals surface area contributed by atoms with Gasteiger partial charge in [0.2, 0.25) is 5.91 Å². The van der Waals surface area contributed by atoms with Gasteiger partial charge in [-0.05, 0) is 54.3 Å². The van der Waals surface area contributed by atoms with E-state index in [1.54, 1.807) is 18.2 Å². The molecule has 0 spiro atoms. The van der Waals surface area contributed by atoms with Crippen molar-refractivity contribution in [3.63, 3.8) is 0 Å². The van der Waals surface area contributed by atoms with Gasteiger partial charge in [-0.3, -0.25) is 14.4 Å². The van der Waals surface area contributed by atoms with Crippen LogP contribution in [0.4, 0.5) is 0 Å². The Balaban J connectivity index is 1.35. The predicted octanol–water partition coefficient (Wildman–Crippen LogP) is 4.31. The van der Waals surface area contributed by atoms with Crippen LogP contribution in [0, 0.1) is 11.3 Å². The fourth-order valence-electron chi connectivity index (χ4n) is 4.89. The molecule has 182 valence electrons. The van der Waals surface area contributed by atoms with Gasteiger partial charge in [-0.15, -0.1) is 0 Å². The van der Waals surface area contributed by atoms with Crippen molar-refractivity contribution in [2.24, 2.45) is 11.3 Å². The van der Waals surface area contributed by atoms with Gasteiger partial charge in [0.15, 0.2) is 5.78 Å². The SMILES string of the molecule is CC(C)(CC(=O)N1CCC(C(=O)c2cccc(C(=O)O)c2)CC1)Cc1cc2ccccc2c(=O)[nH]1. The fraction of sp³-hybridized carbons (Fsp3) is 0.357. The average molecular weight is 475 g/mol. The van der Waals surface area contributed by atoms with E-state index in [0.717, 1.165) is 11.1 Å². The highest BCUT2D eigenvalue weighted by molar-refractivity contribution is 6.00. The van der Waals surface area contributed by atoms with Gasteiger partial charge in [-0.1, -0.05) is 44.2 Å². The summed E-state index contributed by atoms with van der Waals surface area (Å²) in [6.07, 6.45) is 2.01. The number of hydrogen-bond donors (Lipinski definition) is 2. The zero-order chi connectivity index (χ0) is 25.2. The van der Waals surface area contributed by atoms with Crippen molar-refractivity contribution < 1.29 is 19.5 Å². The molecule has 2 N–H and O–H groups in total. The molecule has 7 nitrogen and oxygen atoms in total. The molecule has 0 atom stereocenters. The van der Waals surface area contributed by atoms with Crippen molar-refractivity contribution in [2.75, 3.05) is 13.1 Å². The number of piperidine rings is 1. The molecule has 7 heteroatoms. The van der Waals surface area contributed by atoms with Crippen LogP contribution in [0.25, 0.3) is 10.8 Å². The number of amides is 1. The van der Waals surface area contributed by atoms with Crippen LogP contribution < -0.4 is 5.56 Å². The Bertz CT molecular complexity index is 1330. The molecule has 0 bridgehead atoms. The minimum atomic E-state index is -1.06. The molecule has 1 fully saturated rings. The topological polar surface area (TPSA) is 108 Å². The molecule has 0 radical (unpaired) electrons. The van der Waals surface area contributed by atoms with Crippen molar-refractivity contribution >= 4 is 28.4 Å². The number of carbonyl (C=O) groups excluding carboxylic acids is 2. The number of rotatable bonds is 7. The van der Waals surface area contributed by atoms with Gasteiger partial charge >= 0.3 is 5.97 Å². The van der Waals surface area contributed by atoms with Crippen molar-refractivity contribution in [2.45, 2.75) is 39.5 Å². The molecular formula is C28H30N2O5. The minimum Gasteiger partial charge on any atom is -0.478 e. The zero-order valence-electron chi connectivity index (χ0n) is 20.0. The normalized spacial score (nSPS) is 14.7. The van der Waals surface area contributed by atoms with Gasteiger partial charge in [0.1, 0.15) is 0 Å². The summed E-state index contributed by atoms with van der Waals surface area (Å²) in [7, 11) is 0. The van der Waals surface area contributed by atoms with Gasteiger partial charge in [0.25, 0.3) is 5.56 Å². The van der Waals surface area contributed by atoms with Gasteiger partial charge in [0, 0.05) is 42.1 Å². The molecule has 4 rings (SSSR count). The lowest BCUT2D eigenvalue weighted by atomic mass is 9.82. The van der Waals surface area contributed by atoms with Gasteiger partial charge in [-0.25, -0.2) is 4.79 Å². The number of hydrogen-bond acceptors (Lipinski definition) is 4. The molecular weight excluding hydrogens is 444 g/mol. The molecule has 2 heterocycles. The molecule has 2 aromatic carbocycles. The second kappa shape index (κ2) is 9.86. The molecule has 1 aromatic heterocycles. The number of Topliss-reactive ketones (excluding diaryl/α,β-unsaturated/α-hetero) is 1. The van der Waals surface area contributed by atoms with Crippen molar-refractivity contribution in [3.05, 3.63) is 81.8 Å². The lowest BCUT2D eigenvalue weighted by molar-refractivity contribution is -0.134. The first kappa shape index (κ1) is 24.4. The van der Waals surface area contributed by atoms with Gasteiger partial charge in [0.05, 0.1) is 5.56 Å². The van der Waals surface area contributed by atoms with E-state index in [9.17, 15) is 24.3 Å². The summed E-state index contributed by atoms with van der Waals surface area (Å²) in [6.45, 7) is 5.03. The van der Waals surface area contributed by atoms with E-state index in [1.165, 1.54) is 12.1 Å². The maximum Gasteiger partial charge on any atom is 0.335 e. The summed E-state index contributed by atoms with van der Waals surface area (Å²) in [5, 5.41) is 10.7. The Morgan fingerprint density at radius 1 is 1.00 bits per heavy atom. The van der Waals surface area contributed by atoms with Crippen molar-refractivity contribution in [1.82, 2.24) is 9.88 Å². The van der Waals surface area contributed by atoms with E-state index in [1.807, 2.05) is 43.0 Å². The number of ketones is 1. The first-order valence-electron chi connectivity index (χ1n) is 11.9. The minimum absolute atomic E-state index is 0.0388. The third-order valence-corrected chi connectivity index (χ3v) is 6.72. The number of fused-ring (bicyclic) bond motifs is 1. The molecule has 35 heavy (non-hydrogen) atoms. The largest absolute Gasteiger partial charge is 0.478 e. The molecule has 0 unspecified atom stereocenters. The number of pyridine rings is 1. The summed E-state index contributed by atoms with van der Waals surface area (Å²) in [5.74, 6) is -1.31. The second-order valence-electron chi connectivity index (χ2n) is 10.1. The Labute approximate surface area is 203 Å². The maximum absolute atomic E-state index is 13.1. The number of carbonyl (C=O) groups is 3. The van der Waals surface area contributed by atoms with E-state index < -0.39 is 5.97 Å². The number of benzene rings is 2. The number of carboxylic acid groups (broad SMARTS) is 1. The molecule has 0 saturated carbocycles. The average Bonchev–Trinajstić information content (AvgIpc) is 2.83. The monoisotopic (exact) mass is 474 g/mol. The maximum atomic E-state index is 13.1. The number of aromatic nitrogens is 1. The number of likely N-dealkylation sites (tertiary alicyclic amines) is 1. The smallest absolute Gasteiger partial charge is 0.335 e. The predicted molar refractivity (Wildman–Crippen MR) is 134 cm³/mol. The highest BCUT2D eigenvalue weighted by atomic mass is 16.4. The van der Waals surface area contributed by atoms with Crippen LogP contribution in [0.3, 0.4) is 0 Å². The molecule has 1 amide bonds. The van der Waals surface area contributed by atoms with Gasteiger partial charge in [-0.2, -0.15) is 0 Å². The van der Waals surface area contributed by atoms with Crippen molar-refractivity contribution in [1.29, 1.82) is 0 Å². The third-order valence-electron chi connectivity index (χ3n) is 6.72. The molecule has 1 saturated heterocycles. The number of aromatic amines is 1. The lowest BCUT2D eigenvalue weighted by Crippen LogP contribution is -2.42. The van der Waals surface area contributed by atoms with Crippen LogP contribution in [0.2, 0.25) is 0 Å². The quantitative estimate of drug-likeness (QED) is 0.496. The number of carboxylic acids is 1. The lowest BCUT2D eigenvalue weighted by Gasteiger charge is -2.34. The zero-order valence-corrected chi connectivity index (χ0v) is 20.0. The van der Waals surface area contributed by atoms with Crippen LogP contribution in [0.15, 0.2) is 59.4 Å². The first-order chi connectivity index (χ1) is 16.6. The van der Waals surface area contributed by atoms with Crippen LogP contribution in [-0.2, 0) is 11.2 Å². The highest BCUT2D eigenvalue weighted by Gasteiger charge is 2.31. The van der Waals surface area contributed by atoms with E-state index in [-0.39, 0.29) is 34.1 Å². The summed E-state index contributed by atoms with van der Waals surface area (Å²) >= 11 is 0. The summed E-state index contributed by atoms with van der Waals surface area (Å²) < 4.78 is 0. The number of nitrogens with one attached hydrogen (secondary N) is 1. The van der Waals surface area contributed by atoms with Crippen LogP contribution in [0.5, 0.6) is 0 Å².